The summed E-state index contributed by atoms with van der Waals surface area (Å²) in [5, 5.41) is 19.3. The molecule has 2 N–H and O–H groups in total. The lowest BCUT2D eigenvalue weighted by atomic mass is 10.1. The van der Waals surface area contributed by atoms with E-state index in [1.807, 2.05) is 18.2 Å². The van der Waals surface area contributed by atoms with Gasteiger partial charge in [0, 0.05) is 11.4 Å². The van der Waals surface area contributed by atoms with E-state index in [4.69, 9.17) is 21.4 Å². The van der Waals surface area contributed by atoms with Gasteiger partial charge in [-0.3, -0.25) is 0 Å². The zero-order valence-electron chi connectivity index (χ0n) is 9.48. The molecule has 0 aromatic heterocycles. The molecule has 1 rings (SSSR count). The molecule has 0 amide bonds. The van der Waals surface area contributed by atoms with Gasteiger partial charge in [-0.15, -0.1) is 0 Å². The number of benzene rings is 1. The Balaban J connectivity index is 2.67. The first-order valence-corrected chi connectivity index (χ1v) is 5.54. The molecular formula is C12H17ClO3. The standard InChI is InChI=1S/C12H17ClO3/c1-12(2,15)16-10(8-14)7-9-5-3-4-6-11(9)13/h3-6,10,14-15H,7-8H2,1-2H3. The fourth-order valence-electron chi connectivity index (χ4n) is 1.46. The van der Waals surface area contributed by atoms with Crippen LogP contribution in [0.4, 0.5) is 0 Å². The minimum Gasteiger partial charge on any atom is -0.394 e. The van der Waals surface area contributed by atoms with Gasteiger partial charge in [0.15, 0.2) is 5.79 Å². The molecule has 0 spiro atoms. The van der Waals surface area contributed by atoms with E-state index in [2.05, 4.69) is 0 Å². The highest BCUT2D eigenvalue weighted by atomic mass is 35.5. The monoisotopic (exact) mass is 244 g/mol. The first kappa shape index (κ1) is 13.5. The summed E-state index contributed by atoms with van der Waals surface area (Å²) >= 11 is 6.00. The summed E-state index contributed by atoms with van der Waals surface area (Å²) < 4.78 is 5.29. The first-order valence-electron chi connectivity index (χ1n) is 5.17. The average Bonchev–Trinajstić information content (AvgIpc) is 2.18. The summed E-state index contributed by atoms with van der Waals surface area (Å²) in [6.07, 6.45) is 0.0140. The molecule has 0 bridgehead atoms. The van der Waals surface area contributed by atoms with E-state index in [9.17, 15) is 5.11 Å². The van der Waals surface area contributed by atoms with Gasteiger partial charge in [-0.2, -0.15) is 0 Å². The lowest BCUT2D eigenvalue weighted by Crippen LogP contribution is -2.33. The number of ether oxygens (including phenoxy) is 1. The molecular weight excluding hydrogens is 228 g/mol. The molecule has 0 radical (unpaired) electrons. The Morgan fingerprint density at radius 2 is 2.00 bits per heavy atom. The molecule has 0 aliphatic carbocycles. The van der Waals surface area contributed by atoms with Crippen LogP contribution in [-0.4, -0.2) is 28.7 Å². The van der Waals surface area contributed by atoms with Gasteiger partial charge in [-0.1, -0.05) is 29.8 Å². The predicted octanol–water partition coefficient (Wildman–Crippen LogP) is 1.99. The van der Waals surface area contributed by atoms with Gasteiger partial charge in [-0.05, 0) is 25.5 Å². The quantitative estimate of drug-likeness (QED) is 0.779. The smallest absolute Gasteiger partial charge is 0.160 e. The van der Waals surface area contributed by atoms with Crippen molar-refractivity contribution in [2.24, 2.45) is 0 Å². The average molecular weight is 245 g/mol. The van der Waals surface area contributed by atoms with Crippen LogP contribution < -0.4 is 0 Å². The molecule has 0 fully saturated rings. The third-order valence-corrected chi connectivity index (χ3v) is 2.43. The molecule has 0 saturated carbocycles. The Hall–Kier alpha value is -0.610. The van der Waals surface area contributed by atoms with Gasteiger partial charge < -0.3 is 14.9 Å². The third kappa shape index (κ3) is 4.49. The lowest BCUT2D eigenvalue weighted by molar-refractivity contribution is -0.211. The molecule has 1 aromatic carbocycles. The zero-order valence-corrected chi connectivity index (χ0v) is 10.2. The molecule has 1 aromatic rings. The van der Waals surface area contributed by atoms with E-state index in [0.717, 1.165) is 5.56 Å². The molecule has 90 valence electrons. The fraction of sp³-hybridized carbons (Fsp3) is 0.500. The van der Waals surface area contributed by atoms with Crippen molar-refractivity contribution >= 4 is 11.6 Å². The molecule has 0 aliphatic heterocycles. The van der Waals surface area contributed by atoms with Crippen molar-refractivity contribution in [2.75, 3.05) is 6.61 Å². The van der Waals surface area contributed by atoms with Gasteiger partial charge in [0.05, 0.1) is 12.7 Å². The highest BCUT2D eigenvalue weighted by Gasteiger charge is 2.20. The molecule has 0 saturated heterocycles. The van der Waals surface area contributed by atoms with Crippen molar-refractivity contribution in [3.8, 4) is 0 Å². The molecule has 4 heteroatoms. The fourth-order valence-corrected chi connectivity index (χ4v) is 1.67. The number of hydrogen-bond donors (Lipinski definition) is 2. The van der Waals surface area contributed by atoms with Gasteiger partial charge in [0.2, 0.25) is 0 Å². The van der Waals surface area contributed by atoms with Crippen LogP contribution in [0.1, 0.15) is 19.4 Å². The predicted molar refractivity (Wildman–Crippen MR) is 63.4 cm³/mol. The van der Waals surface area contributed by atoms with Crippen LogP contribution >= 0.6 is 11.6 Å². The van der Waals surface area contributed by atoms with Crippen LogP contribution in [0.2, 0.25) is 5.02 Å². The SMILES string of the molecule is CC(C)(O)OC(CO)Cc1ccccc1Cl. The summed E-state index contributed by atoms with van der Waals surface area (Å²) in [5.74, 6) is -1.26. The second kappa shape index (κ2) is 5.64. The van der Waals surface area contributed by atoms with Gasteiger partial charge in [-0.25, -0.2) is 0 Å². The van der Waals surface area contributed by atoms with Crippen molar-refractivity contribution < 1.29 is 14.9 Å². The van der Waals surface area contributed by atoms with E-state index >= 15 is 0 Å². The number of hydrogen-bond acceptors (Lipinski definition) is 3. The van der Waals surface area contributed by atoms with Crippen molar-refractivity contribution in [3.63, 3.8) is 0 Å². The van der Waals surface area contributed by atoms with Gasteiger partial charge in [0.25, 0.3) is 0 Å². The second-order valence-corrected chi connectivity index (χ2v) is 4.57. The third-order valence-electron chi connectivity index (χ3n) is 2.06. The molecule has 1 atom stereocenters. The van der Waals surface area contributed by atoms with Crippen LogP contribution in [0.25, 0.3) is 0 Å². The van der Waals surface area contributed by atoms with Crippen LogP contribution in [0.5, 0.6) is 0 Å². The van der Waals surface area contributed by atoms with E-state index < -0.39 is 11.9 Å². The van der Waals surface area contributed by atoms with Crippen molar-refractivity contribution in [3.05, 3.63) is 34.9 Å². The van der Waals surface area contributed by atoms with E-state index in [0.29, 0.717) is 11.4 Å². The zero-order chi connectivity index (χ0) is 12.2. The number of rotatable bonds is 5. The molecule has 16 heavy (non-hydrogen) atoms. The van der Waals surface area contributed by atoms with E-state index in [-0.39, 0.29) is 6.61 Å². The Kier molecular flexibility index (Phi) is 4.74. The van der Waals surface area contributed by atoms with E-state index in [1.54, 1.807) is 6.07 Å². The number of aliphatic hydroxyl groups is 2. The van der Waals surface area contributed by atoms with Gasteiger partial charge in [0.1, 0.15) is 0 Å². The summed E-state index contributed by atoms with van der Waals surface area (Å²) in [5.41, 5.74) is 0.896. The molecule has 0 aliphatic rings. The topological polar surface area (TPSA) is 49.7 Å². The summed E-state index contributed by atoms with van der Waals surface area (Å²) in [6.45, 7) is 2.90. The summed E-state index contributed by atoms with van der Waals surface area (Å²) in [4.78, 5) is 0. The van der Waals surface area contributed by atoms with Crippen molar-refractivity contribution in [1.29, 1.82) is 0 Å². The Labute approximate surface area is 101 Å². The maximum absolute atomic E-state index is 9.50. The Morgan fingerprint density at radius 3 is 2.50 bits per heavy atom. The van der Waals surface area contributed by atoms with Crippen LogP contribution in [0, 0.1) is 0 Å². The number of halogens is 1. The van der Waals surface area contributed by atoms with Crippen molar-refractivity contribution in [2.45, 2.75) is 32.2 Å². The highest BCUT2D eigenvalue weighted by Crippen LogP contribution is 2.19. The van der Waals surface area contributed by atoms with Crippen LogP contribution in [0.15, 0.2) is 24.3 Å². The minimum atomic E-state index is -1.26. The maximum Gasteiger partial charge on any atom is 0.160 e. The van der Waals surface area contributed by atoms with Gasteiger partial charge >= 0.3 is 0 Å². The van der Waals surface area contributed by atoms with Crippen LogP contribution in [0.3, 0.4) is 0 Å². The maximum atomic E-state index is 9.50. The lowest BCUT2D eigenvalue weighted by Gasteiger charge is -2.25. The molecule has 0 heterocycles. The number of aliphatic hydroxyl groups excluding tert-OH is 1. The molecule has 3 nitrogen and oxygen atoms in total. The summed E-state index contributed by atoms with van der Waals surface area (Å²) in [7, 11) is 0. The van der Waals surface area contributed by atoms with E-state index in [1.165, 1.54) is 13.8 Å². The minimum absolute atomic E-state index is 0.158. The second-order valence-electron chi connectivity index (χ2n) is 4.16. The first-order chi connectivity index (χ1) is 7.42. The largest absolute Gasteiger partial charge is 0.394 e. The highest BCUT2D eigenvalue weighted by molar-refractivity contribution is 6.31. The Morgan fingerprint density at radius 1 is 1.38 bits per heavy atom. The normalized spacial score (nSPS) is 13.8. The van der Waals surface area contributed by atoms with Crippen molar-refractivity contribution in [1.82, 2.24) is 0 Å². The molecule has 1 unspecified atom stereocenters. The van der Waals surface area contributed by atoms with Crippen LogP contribution in [-0.2, 0) is 11.2 Å². The summed E-state index contributed by atoms with van der Waals surface area (Å²) in [6, 6.07) is 7.38. The Bertz CT molecular complexity index is 333.